The molecule has 2 aromatic carbocycles. The van der Waals surface area contributed by atoms with E-state index in [2.05, 4.69) is 10.0 Å². The van der Waals surface area contributed by atoms with Crippen molar-refractivity contribution in [3.8, 4) is 11.5 Å². The van der Waals surface area contributed by atoms with Crippen molar-refractivity contribution >= 4 is 15.9 Å². The van der Waals surface area contributed by atoms with Gasteiger partial charge in [0.15, 0.2) is 11.5 Å². The van der Waals surface area contributed by atoms with Gasteiger partial charge in [-0.1, -0.05) is 13.0 Å². The molecule has 0 fully saturated rings. The van der Waals surface area contributed by atoms with Gasteiger partial charge in [0, 0.05) is 17.6 Å². The number of hydrogen-bond donors (Lipinski definition) is 2. The van der Waals surface area contributed by atoms with Crippen LogP contribution in [0.25, 0.3) is 0 Å². The Balaban J connectivity index is 2.03. The summed E-state index contributed by atoms with van der Waals surface area (Å²) in [6.07, 6.45) is 0.896. The van der Waals surface area contributed by atoms with Crippen molar-refractivity contribution in [2.75, 3.05) is 13.7 Å². The third-order valence-electron chi connectivity index (χ3n) is 4.01. The molecular weight excluding hydrogens is 404 g/mol. The molecule has 0 aliphatic heterocycles. The Morgan fingerprint density at radius 1 is 1.03 bits per heavy atom. The summed E-state index contributed by atoms with van der Waals surface area (Å²) >= 11 is 0. The van der Waals surface area contributed by atoms with Crippen LogP contribution in [0.2, 0.25) is 0 Å². The Bertz CT molecular complexity index is 964. The summed E-state index contributed by atoms with van der Waals surface area (Å²) in [7, 11) is -2.07. The Morgan fingerprint density at radius 2 is 1.70 bits per heavy atom. The van der Waals surface area contributed by atoms with Crippen molar-refractivity contribution in [1.82, 2.24) is 10.0 Å². The zero-order valence-electron chi connectivity index (χ0n) is 18.1. The van der Waals surface area contributed by atoms with E-state index >= 15 is 0 Å². The summed E-state index contributed by atoms with van der Waals surface area (Å²) in [4.78, 5) is 12.6. The minimum Gasteiger partial charge on any atom is -0.493 e. The number of carbonyl (C=O) groups excluding carboxylic acids is 1. The molecule has 0 aromatic heterocycles. The number of sulfonamides is 1. The molecule has 0 radical (unpaired) electrons. The molecule has 0 bridgehead atoms. The lowest BCUT2D eigenvalue weighted by molar-refractivity contribution is 0.0950. The van der Waals surface area contributed by atoms with Crippen LogP contribution in [-0.2, 0) is 16.6 Å². The third-order valence-corrected chi connectivity index (χ3v) is 5.78. The molecule has 0 saturated heterocycles. The number of ether oxygens (including phenoxy) is 2. The molecule has 30 heavy (non-hydrogen) atoms. The molecule has 8 heteroatoms. The number of nitrogens with one attached hydrogen (secondary N) is 2. The lowest BCUT2D eigenvalue weighted by Gasteiger charge is -2.20. The fraction of sp³-hybridized carbons (Fsp3) is 0.409. The highest BCUT2D eigenvalue weighted by Crippen LogP contribution is 2.28. The van der Waals surface area contributed by atoms with E-state index in [4.69, 9.17) is 9.47 Å². The number of amides is 1. The predicted molar refractivity (Wildman–Crippen MR) is 116 cm³/mol. The van der Waals surface area contributed by atoms with Crippen LogP contribution in [0.5, 0.6) is 11.5 Å². The minimum absolute atomic E-state index is 0.112. The maximum absolute atomic E-state index is 12.4. The van der Waals surface area contributed by atoms with Gasteiger partial charge in [0.25, 0.3) is 5.91 Å². The summed E-state index contributed by atoms with van der Waals surface area (Å²) in [6, 6.07) is 11.3. The summed E-state index contributed by atoms with van der Waals surface area (Å²) in [6.45, 7) is 8.23. The van der Waals surface area contributed by atoms with Crippen LogP contribution in [0.4, 0.5) is 0 Å². The molecule has 0 aliphatic rings. The van der Waals surface area contributed by atoms with E-state index in [1.165, 1.54) is 24.3 Å². The van der Waals surface area contributed by atoms with E-state index in [-0.39, 0.29) is 10.8 Å². The van der Waals surface area contributed by atoms with Gasteiger partial charge < -0.3 is 14.8 Å². The van der Waals surface area contributed by atoms with Gasteiger partial charge in [0.2, 0.25) is 10.0 Å². The molecule has 2 aromatic rings. The number of hydrogen-bond acceptors (Lipinski definition) is 5. The van der Waals surface area contributed by atoms with Gasteiger partial charge in [-0.25, -0.2) is 13.1 Å². The van der Waals surface area contributed by atoms with Crippen molar-refractivity contribution in [3.63, 3.8) is 0 Å². The second kappa shape index (κ2) is 9.95. The van der Waals surface area contributed by atoms with Gasteiger partial charge in [0.1, 0.15) is 0 Å². The SMILES string of the molecule is CCCOc1ccc(CNC(=O)c2ccc(S(=O)(=O)NC(C)(C)C)cc2)cc1OC. The summed E-state index contributed by atoms with van der Waals surface area (Å²) in [5.74, 6) is 0.971. The third kappa shape index (κ3) is 6.74. The molecule has 7 nitrogen and oxygen atoms in total. The monoisotopic (exact) mass is 434 g/mol. The first-order valence-electron chi connectivity index (χ1n) is 9.77. The quantitative estimate of drug-likeness (QED) is 0.630. The highest BCUT2D eigenvalue weighted by atomic mass is 32.2. The summed E-state index contributed by atoms with van der Waals surface area (Å²) in [5, 5.41) is 2.83. The standard InChI is InChI=1S/C22H30N2O5S/c1-6-13-29-19-12-7-16(14-20(19)28-5)15-23-21(25)17-8-10-18(11-9-17)30(26,27)24-22(2,3)4/h7-12,14,24H,6,13,15H2,1-5H3,(H,23,25). The van der Waals surface area contributed by atoms with Gasteiger partial charge in [-0.05, 0) is 69.2 Å². The molecule has 164 valence electrons. The summed E-state index contributed by atoms with van der Waals surface area (Å²) < 4.78 is 38.3. The topological polar surface area (TPSA) is 93.7 Å². The molecule has 0 saturated carbocycles. The number of rotatable bonds is 9. The Kier molecular flexibility index (Phi) is 7.86. The predicted octanol–water partition coefficient (Wildman–Crippen LogP) is 3.49. The fourth-order valence-corrected chi connectivity index (χ4v) is 4.10. The molecule has 0 unspecified atom stereocenters. The van der Waals surface area contributed by atoms with Crippen LogP contribution < -0.4 is 19.5 Å². The maximum Gasteiger partial charge on any atom is 0.251 e. The van der Waals surface area contributed by atoms with E-state index in [0.717, 1.165) is 12.0 Å². The average molecular weight is 435 g/mol. The molecule has 0 atom stereocenters. The van der Waals surface area contributed by atoms with E-state index in [0.29, 0.717) is 30.2 Å². The lowest BCUT2D eigenvalue weighted by Crippen LogP contribution is -2.40. The van der Waals surface area contributed by atoms with Crippen LogP contribution in [0, 0.1) is 0 Å². The zero-order chi connectivity index (χ0) is 22.4. The van der Waals surface area contributed by atoms with Gasteiger partial charge in [-0.3, -0.25) is 4.79 Å². The van der Waals surface area contributed by atoms with Crippen LogP contribution in [0.15, 0.2) is 47.4 Å². The zero-order valence-corrected chi connectivity index (χ0v) is 18.9. The largest absolute Gasteiger partial charge is 0.493 e. The van der Waals surface area contributed by atoms with Crippen molar-refractivity contribution in [1.29, 1.82) is 0 Å². The number of carbonyl (C=O) groups is 1. The van der Waals surface area contributed by atoms with Crippen LogP contribution in [0.3, 0.4) is 0 Å². The van der Waals surface area contributed by atoms with Crippen molar-refractivity contribution in [3.05, 3.63) is 53.6 Å². The van der Waals surface area contributed by atoms with Gasteiger partial charge in [-0.15, -0.1) is 0 Å². The first-order valence-corrected chi connectivity index (χ1v) is 11.3. The normalized spacial score (nSPS) is 11.8. The van der Waals surface area contributed by atoms with Crippen molar-refractivity contribution in [2.45, 2.75) is 51.1 Å². The average Bonchev–Trinajstić information content (AvgIpc) is 2.69. The smallest absolute Gasteiger partial charge is 0.251 e. The highest BCUT2D eigenvalue weighted by Gasteiger charge is 2.22. The van der Waals surface area contributed by atoms with Crippen LogP contribution >= 0.6 is 0 Å². The van der Waals surface area contributed by atoms with Crippen LogP contribution in [-0.4, -0.2) is 33.6 Å². The Labute approximate surface area is 178 Å². The minimum atomic E-state index is -3.64. The fourth-order valence-electron chi connectivity index (χ4n) is 2.69. The van der Waals surface area contributed by atoms with Crippen molar-refractivity contribution < 1.29 is 22.7 Å². The Morgan fingerprint density at radius 3 is 2.27 bits per heavy atom. The van der Waals surface area contributed by atoms with Gasteiger partial charge in [0.05, 0.1) is 18.6 Å². The van der Waals surface area contributed by atoms with E-state index < -0.39 is 15.6 Å². The molecule has 1 amide bonds. The molecule has 2 rings (SSSR count). The summed E-state index contributed by atoms with van der Waals surface area (Å²) in [5.41, 5.74) is 0.643. The molecule has 0 heterocycles. The maximum atomic E-state index is 12.4. The van der Waals surface area contributed by atoms with Crippen LogP contribution in [0.1, 0.15) is 50.0 Å². The van der Waals surface area contributed by atoms with Crippen molar-refractivity contribution in [2.24, 2.45) is 0 Å². The van der Waals surface area contributed by atoms with E-state index in [9.17, 15) is 13.2 Å². The highest BCUT2D eigenvalue weighted by molar-refractivity contribution is 7.89. The second-order valence-electron chi connectivity index (χ2n) is 7.90. The first kappa shape index (κ1) is 23.7. The molecule has 2 N–H and O–H groups in total. The number of benzene rings is 2. The lowest BCUT2D eigenvalue weighted by atomic mass is 10.1. The van der Waals surface area contributed by atoms with Gasteiger partial charge in [-0.2, -0.15) is 0 Å². The molecular formula is C22H30N2O5S. The first-order chi connectivity index (χ1) is 14.1. The molecule has 0 spiro atoms. The van der Waals surface area contributed by atoms with E-state index in [1.807, 2.05) is 25.1 Å². The Hall–Kier alpha value is -2.58. The number of methoxy groups -OCH3 is 1. The second-order valence-corrected chi connectivity index (χ2v) is 9.58. The van der Waals surface area contributed by atoms with E-state index in [1.54, 1.807) is 27.9 Å². The van der Waals surface area contributed by atoms with Gasteiger partial charge >= 0.3 is 0 Å². The molecule has 0 aliphatic carbocycles.